The van der Waals surface area contributed by atoms with Crippen LogP contribution in [0.3, 0.4) is 0 Å². The number of benzene rings is 2. The fourth-order valence-electron chi connectivity index (χ4n) is 6.01. The molecule has 3 fully saturated rings. The van der Waals surface area contributed by atoms with Gasteiger partial charge in [0.05, 0.1) is 12.7 Å². The van der Waals surface area contributed by atoms with Crippen molar-refractivity contribution in [2.45, 2.75) is 44.8 Å². The average Bonchev–Trinajstić information content (AvgIpc) is 2.77. The number of para-hydroxylation sites is 2. The lowest BCUT2D eigenvalue weighted by molar-refractivity contribution is -0.139. The van der Waals surface area contributed by atoms with E-state index in [-0.39, 0.29) is 29.1 Å². The van der Waals surface area contributed by atoms with E-state index in [1.54, 1.807) is 7.11 Å². The highest BCUT2D eigenvalue weighted by molar-refractivity contribution is 6.02. The molecule has 162 valence electrons. The van der Waals surface area contributed by atoms with E-state index >= 15 is 0 Å². The lowest BCUT2D eigenvalue weighted by Crippen LogP contribution is -2.70. The number of nitrogens with one attached hydrogen (secondary N) is 3. The van der Waals surface area contributed by atoms with Crippen molar-refractivity contribution in [3.8, 4) is 5.75 Å². The summed E-state index contributed by atoms with van der Waals surface area (Å²) in [4.78, 5) is 26.1. The predicted octanol–water partition coefficient (Wildman–Crippen LogP) is 3.69. The molecule has 2 amide bonds. The van der Waals surface area contributed by atoms with Crippen molar-refractivity contribution in [1.29, 1.82) is 0 Å². The first-order valence-electron chi connectivity index (χ1n) is 11.0. The smallest absolute Gasteiger partial charge is 0.255 e. The molecule has 0 unspecified atom stereocenters. The molecule has 6 rings (SSSR count). The van der Waals surface area contributed by atoms with Gasteiger partial charge in [0.1, 0.15) is 11.4 Å². The maximum atomic E-state index is 13.2. The number of amides is 2. The van der Waals surface area contributed by atoms with Gasteiger partial charge >= 0.3 is 0 Å². The molecule has 4 atom stereocenters. The number of hydrogen-bond acceptors (Lipinski definition) is 4. The highest BCUT2D eigenvalue weighted by Crippen LogP contribution is 2.58. The van der Waals surface area contributed by atoms with Gasteiger partial charge in [-0.05, 0) is 49.3 Å². The summed E-state index contributed by atoms with van der Waals surface area (Å²) in [7, 11) is 1.64. The summed E-state index contributed by atoms with van der Waals surface area (Å²) >= 11 is 0. The second-order valence-electron chi connectivity index (χ2n) is 9.48. The van der Waals surface area contributed by atoms with Crippen LogP contribution in [0.25, 0.3) is 0 Å². The molecule has 3 N–H and O–H groups in total. The Balaban J connectivity index is 1.34. The van der Waals surface area contributed by atoms with Gasteiger partial charge in [-0.3, -0.25) is 9.59 Å². The van der Waals surface area contributed by atoms with E-state index in [4.69, 9.17) is 4.74 Å². The van der Waals surface area contributed by atoms with Crippen LogP contribution < -0.4 is 20.7 Å². The third-order valence-electron chi connectivity index (χ3n) is 7.63. The number of hydrogen-bond donors (Lipinski definition) is 3. The molecule has 1 aliphatic heterocycles. The third kappa shape index (κ3) is 3.25. The number of carbonyl (C=O) groups is 2. The quantitative estimate of drug-likeness (QED) is 0.706. The van der Waals surface area contributed by atoms with Crippen molar-refractivity contribution in [2.24, 2.45) is 17.3 Å². The Hall–Kier alpha value is -3.02. The van der Waals surface area contributed by atoms with E-state index in [1.807, 2.05) is 48.5 Å². The molecule has 1 spiro atoms. The first-order chi connectivity index (χ1) is 14.9. The normalized spacial score (nSPS) is 30.8. The summed E-state index contributed by atoms with van der Waals surface area (Å²) in [5.41, 5.74) is 1.90. The molecule has 4 aliphatic rings. The van der Waals surface area contributed by atoms with E-state index in [2.05, 4.69) is 22.9 Å². The topological polar surface area (TPSA) is 79.5 Å². The molecule has 0 radical (unpaired) electrons. The summed E-state index contributed by atoms with van der Waals surface area (Å²) in [6.07, 6.45) is 3.51. The Bertz CT molecular complexity index is 1040. The van der Waals surface area contributed by atoms with Gasteiger partial charge in [0.25, 0.3) is 5.91 Å². The highest BCUT2D eigenvalue weighted by Gasteiger charge is 2.60. The second-order valence-corrected chi connectivity index (χ2v) is 9.48. The van der Waals surface area contributed by atoms with Crippen LogP contribution in [0.2, 0.25) is 0 Å². The van der Waals surface area contributed by atoms with Crippen LogP contribution in [0.1, 0.15) is 48.5 Å². The molecule has 2 bridgehead atoms. The van der Waals surface area contributed by atoms with E-state index in [1.165, 1.54) is 0 Å². The van der Waals surface area contributed by atoms with Gasteiger partial charge in [0.2, 0.25) is 5.91 Å². The lowest BCUT2D eigenvalue weighted by Gasteiger charge is -2.60. The molecule has 0 saturated heterocycles. The number of carbonyl (C=O) groups excluding carboxylic acids is 2. The minimum atomic E-state index is -0.474. The Morgan fingerprint density at radius 2 is 1.94 bits per heavy atom. The molecule has 31 heavy (non-hydrogen) atoms. The Morgan fingerprint density at radius 1 is 1.16 bits per heavy atom. The monoisotopic (exact) mass is 419 g/mol. The van der Waals surface area contributed by atoms with Crippen LogP contribution in [-0.2, 0) is 11.3 Å². The molecule has 0 aromatic heterocycles. The molecule has 6 heteroatoms. The van der Waals surface area contributed by atoms with Crippen LogP contribution >= 0.6 is 0 Å². The third-order valence-corrected chi connectivity index (χ3v) is 7.63. The van der Waals surface area contributed by atoms with Gasteiger partial charge in [0, 0.05) is 29.6 Å². The minimum absolute atomic E-state index is 0.0253. The number of methoxy groups -OCH3 is 1. The average molecular weight is 420 g/mol. The summed E-state index contributed by atoms with van der Waals surface area (Å²) in [6, 6.07) is 15.4. The van der Waals surface area contributed by atoms with Gasteiger partial charge in [-0.1, -0.05) is 37.3 Å². The molecular formula is C25H29N3O3. The van der Waals surface area contributed by atoms with Crippen molar-refractivity contribution < 1.29 is 14.3 Å². The summed E-state index contributed by atoms with van der Waals surface area (Å²) in [6.45, 7) is 2.65. The van der Waals surface area contributed by atoms with Crippen molar-refractivity contribution in [2.75, 3.05) is 12.4 Å². The number of rotatable bonds is 4. The van der Waals surface area contributed by atoms with Crippen LogP contribution in [0, 0.1) is 17.3 Å². The molecule has 3 aliphatic carbocycles. The molecule has 6 nitrogen and oxygen atoms in total. The first-order valence-corrected chi connectivity index (χ1v) is 11.0. The van der Waals surface area contributed by atoms with Crippen LogP contribution in [0.4, 0.5) is 5.69 Å². The number of fused-ring (bicyclic) bond motifs is 3. The highest BCUT2D eigenvalue weighted by atomic mass is 16.5. The summed E-state index contributed by atoms with van der Waals surface area (Å²) in [5, 5.41) is 10.1. The molecule has 1 heterocycles. The van der Waals surface area contributed by atoms with Crippen molar-refractivity contribution in [3.63, 3.8) is 0 Å². The zero-order valence-corrected chi connectivity index (χ0v) is 18.0. The summed E-state index contributed by atoms with van der Waals surface area (Å²) < 4.78 is 5.41. The van der Waals surface area contributed by atoms with Crippen molar-refractivity contribution in [1.82, 2.24) is 10.6 Å². The van der Waals surface area contributed by atoms with Gasteiger partial charge in [-0.2, -0.15) is 0 Å². The SMILES string of the molecule is COc1ccccc1CNC(=O)[C@H]1C[C@H]2CC[C@@]1(C)C[C@@]21NC(=O)c2ccccc2N1. The van der Waals surface area contributed by atoms with Crippen LogP contribution in [0.5, 0.6) is 5.75 Å². The zero-order valence-electron chi connectivity index (χ0n) is 18.0. The zero-order chi connectivity index (χ0) is 21.6. The van der Waals surface area contributed by atoms with Crippen LogP contribution in [-0.4, -0.2) is 24.6 Å². The van der Waals surface area contributed by atoms with Gasteiger partial charge < -0.3 is 20.7 Å². The maximum absolute atomic E-state index is 13.2. The number of anilines is 1. The van der Waals surface area contributed by atoms with Crippen molar-refractivity contribution >= 4 is 17.5 Å². The maximum Gasteiger partial charge on any atom is 0.255 e. The van der Waals surface area contributed by atoms with Gasteiger partial charge in [-0.15, -0.1) is 0 Å². The summed E-state index contributed by atoms with van der Waals surface area (Å²) in [5.74, 6) is 1.00. The molecular weight excluding hydrogens is 390 g/mol. The number of ether oxygens (including phenoxy) is 1. The molecule has 3 saturated carbocycles. The largest absolute Gasteiger partial charge is 0.496 e. The standard InChI is InChI=1S/C25H29N3O3/c1-24-12-11-17(25(15-24)27-20-9-5-4-8-18(20)22(29)28-25)13-19(24)23(30)26-14-16-7-3-6-10-21(16)31-2/h3-10,17,19,27H,11-15H2,1-2H3,(H,26,30)(H,28,29)/t17-,19-,24+,25-/m1/s1. The predicted molar refractivity (Wildman–Crippen MR) is 119 cm³/mol. The van der Waals surface area contributed by atoms with E-state index in [0.717, 1.165) is 42.7 Å². The molecule has 2 aromatic rings. The van der Waals surface area contributed by atoms with E-state index in [0.29, 0.717) is 12.1 Å². The fourth-order valence-corrected chi connectivity index (χ4v) is 6.01. The Morgan fingerprint density at radius 3 is 2.74 bits per heavy atom. The first kappa shape index (κ1) is 19.9. The van der Waals surface area contributed by atoms with Crippen LogP contribution in [0.15, 0.2) is 48.5 Å². The lowest BCUT2D eigenvalue weighted by atomic mass is 9.51. The minimum Gasteiger partial charge on any atom is -0.496 e. The fraction of sp³-hybridized carbons (Fsp3) is 0.440. The Labute approximate surface area is 182 Å². The van der Waals surface area contributed by atoms with Crippen molar-refractivity contribution in [3.05, 3.63) is 59.7 Å². The van der Waals surface area contributed by atoms with Gasteiger partial charge in [0.15, 0.2) is 0 Å². The van der Waals surface area contributed by atoms with Gasteiger partial charge in [-0.25, -0.2) is 0 Å². The van der Waals surface area contributed by atoms with E-state index < -0.39 is 5.66 Å². The van der Waals surface area contributed by atoms with E-state index in [9.17, 15) is 9.59 Å². The molecule has 2 aromatic carbocycles. The Kier molecular flexibility index (Phi) is 4.68. The second kappa shape index (κ2) is 7.29.